The molecular formula is C20H29N7O4. The average Bonchev–Trinajstić information content (AvgIpc) is 3.07. The molecule has 1 aliphatic rings. The fourth-order valence-corrected chi connectivity index (χ4v) is 2.62. The van der Waals surface area contributed by atoms with Crippen molar-refractivity contribution in [3.8, 4) is 0 Å². The van der Waals surface area contributed by atoms with Crippen molar-refractivity contribution in [3.63, 3.8) is 0 Å². The summed E-state index contributed by atoms with van der Waals surface area (Å²) in [5.41, 5.74) is 6.92. The van der Waals surface area contributed by atoms with Crippen molar-refractivity contribution in [1.29, 1.82) is 0 Å². The Hall–Kier alpha value is -3.76. The Morgan fingerprint density at radius 3 is 2.65 bits per heavy atom. The van der Waals surface area contributed by atoms with E-state index in [1.165, 1.54) is 11.1 Å². The van der Waals surface area contributed by atoms with Gasteiger partial charge in [-0.05, 0) is 25.6 Å². The largest absolute Gasteiger partial charge is 0.465 e. The van der Waals surface area contributed by atoms with Gasteiger partial charge in [0.15, 0.2) is 5.69 Å². The van der Waals surface area contributed by atoms with Gasteiger partial charge in [-0.15, -0.1) is 0 Å². The van der Waals surface area contributed by atoms with Crippen LogP contribution in [0.5, 0.6) is 0 Å². The molecule has 168 valence electrons. The number of hydrogen-bond donors (Lipinski definition) is 3. The molecule has 0 atom stereocenters. The summed E-state index contributed by atoms with van der Waals surface area (Å²) in [5.74, 6) is -0.122. The Balaban J connectivity index is 0.000000348. The highest BCUT2D eigenvalue weighted by atomic mass is 16.4. The van der Waals surface area contributed by atoms with Crippen LogP contribution in [-0.2, 0) is 6.54 Å². The van der Waals surface area contributed by atoms with Crippen molar-refractivity contribution in [2.24, 2.45) is 10.7 Å². The van der Waals surface area contributed by atoms with Crippen molar-refractivity contribution in [1.82, 2.24) is 25.1 Å². The second-order valence-corrected chi connectivity index (χ2v) is 6.22. The lowest BCUT2D eigenvalue weighted by Crippen LogP contribution is -2.40. The smallest absolute Gasteiger partial charge is 0.404 e. The molecule has 0 saturated heterocycles. The van der Waals surface area contributed by atoms with Gasteiger partial charge in [-0.25, -0.2) is 14.6 Å². The van der Waals surface area contributed by atoms with Crippen molar-refractivity contribution in [2.45, 2.75) is 26.8 Å². The number of nitrogens with one attached hydrogen (secondary N) is 1. The van der Waals surface area contributed by atoms with Gasteiger partial charge in [0.25, 0.3) is 5.91 Å². The fraction of sp³-hybridized carbons (Fsp3) is 0.400. The topological polar surface area (TPSA) is 154 Å². The van der Waals surface area contributed by atoms with Crippen LogP contribution in [0.2, 0.25) is 0 Å². The number of fused-ring (bicyclic) bond motifs is 1. The summed E-state index contributed by atoms with van der Waals surface area (Å²) in [6.07, 6.45) is 8.20. The van der Waals surface area contributed by atoms with Crippen LogP contribution in [-0.4, -0.2) is 75.3 Å². The van der Waals surface area contributed by atoms with Crippen LogP contribution in [0.1, 0.15) is 36.5 Å². The van der Waals surface area contributed by atoms with E-state index >= 15 is 0 Å². The second kappa shape index (κ2) is 13.5. The summed E-state index contributed by atoms with van der Waals surface area (Å²) in [4.78, 5) is 48.4. The van der Waals surface area contributed by atoms with Crippen LogP contribution < -0.4 is 11.1 Å². The van der Waals surface area contributed by atoms with E-state index in [1.807, 2.05) is 13.1 Å². The number of urea groups is 1. The van der Waals surface area contributed by atoms with E-state index in [0.717, 1.165) is 12.1 Å². The Morgan fingerprint density at radius 2 is 2.10 bits per heavy atom. The van der Waals surface area contributed by atoms with Gasteiger partial charge in [0.2, 0.25) is 0 Å². The molecule has 4 N–H and O–H groups in total. The first-order valence-corrected chi connectivity index (χ1v) is 9.78. The minimum atomic E-state index is -1.10. The molecule has 0 aromatic carbocycles. The van der Waals surface area contributed by atoms with E-state index < -0.39 is 12.1 Å². The van der Waals surface area contributed by atoms with E-state index in [0.29, 0.717) is 37.6 Å². The highest BCUT2D eigenvalue weighted by Crippen LogP contribution is 2.22. The first-order chi connectivity index (χ1) is 14.8. The van der Waals surface area contributed by atoms with Crippen molar-refractivity contribution >= 4 is 24.2 Å². The van der Waals surface area contributed by atoms with Crippen LogP contribution >= 0.6 is 0 Å². The third-order valence-corrected chi connectivity index (χ3v) is 4.10. The van der Waals surface area contributed by atoms with Crippen LogP contribution in [0.25, 0.3) is 0 Å². The lowest BCUT2D eigenvalue weighted by atomic mass is 10.3. The minimum absolute atomic E-state index is 0.122. The van der Waals surface area contributed by atoms with Crippen LogP contribution in [0, 0.1) is 0 Å². The highest BCUT2D eigenvalue weighted by molar-refractivity contribution is 5.97. The summed E-state index contributed by atoms with van der Waals surface area (Å²) in [5, 5.41) is 10.3. The average molecular weight is 431 g/mol. The molecule has 2 heterocycles. The first-order valence-electron chi connectivity index (χ1n) is 9.78. The van der Waals surface area contributed by atoms with E-state index in [-0.39, 0.29) is 12.5 Å². The molecule has 0 spiro atoms. The van der Waals surface area contributed by atoms with Crippen LogP contribution in [0.15, 0.2) is 41.8 Å². The number of likely N-dealkylation sites (N-methyl/N-ethyl adjacent to an activating group) is 1. The summed E-state index contributed by atoms with van der Waals surface area (Å²) >= 11 is 0. The number of aliphatic imine (C=N–C) groups is 1. The molecule has 0 aliphatic carbocycles. The van der Waals surface area contributed by atoms with Gasteiger partial charge in [-0.2, -0.15) is 0 Å². The summed E-state index contributed by atoms with van der Waals surface area (Å²) in [6, 6.07) is -0.537. The van der Waals surface area contributed by atoms with Gasteiger partial charge in [-0.3, -0.25) is 14.8 Å². The zero-order chi connectivity index (χ0) is 23.2. The molecule has 31 heavy (non-hydrogen) atoms. The Kier molecular flexibility index (Phi) is 11.0. The summed E-state index contributed by atoms with van der Waals surface area (Å²) in [7, 11) is 0. The minimum Gasteiger partial charge on any atom is -0.465 e. The van der Waals surface area contributed by atoms with Gasteiger partial charge in [0, 0.05) is 37.7 Å². The van der Waals surface area contributed by atoms with Crippen LogP contribution in [0.3, 0.4) is 0 Å². The van der Waals surface area contributed by atoms with Crippen molar-refractivity contribution < 1.29 is 19.5 Å². The van der Waals surface area contributed by atoms with Gasteiger partial charge in [-0.1, -0.05) is 19.6 Å². The highest BCUT2D eigenvalue weighted by Gasteiger charge is 2.31. The molecule has 1 aromatic heterocycles. The first kappa shape index (κ1) is 25.3. The van der Waals surface area contributed by atoms with Gasteiger partial charge in [0.05, 0.1) is 18.8 Å². The number of hydrogen-bond acceptors (Lipinski definition) is 6. The molecule has 0 radical (unpaired) electrons. The molecule has 1 aromatic rings. The molecule has 0 bridgehead atoms. The molecule has 0 fully saturated rings. The molecular weight excluding hydrogens is 402 g/mol. The number of rotatable bonds is 9. The normalized spacial score (nSPS) is 12.8. The zero-order valence-electron chi connectivity index (χ0n) is 17.8. The van der Waals surface area contributed by atoms with Crippen molar-refractivity contribution in [3.05, 3.63) is 48.2 Å². The monoisotopic (exact) mass is 431 g/mol. The van der Waals surface area contributed by atoms with Crippen LogP contribution in [0.4, 0.5) is 9.59 Å². The standard InChI is InChI=1S/C14H16N4O.C6H13N3O3/c1-3-5-11(9-15-6-4-2)18-10-12-13(14(18)19)17-8-7-16-12;1-2-9(5(7)10)4-3-8-6(11)12/h3,5-8H,1,4,9-10H2,2H3;8H,2-4H2,1H3,(H2,7,10)(H,11,12)/b11-5+,15-6?;. The third kappa shape index (κ3) is 8.25. The molecule has 0 saturated carbocycles. The van der Waals surface area contributed by atoms with Gasteiger partial charge in [0.1, 0.15) is 0 Å². The second-order valence-electron chi connectivity index (χ2n) is 6.22. The Labute approximate surface area is 181 Å². The molecule has 0 unspecified atom stereocenters. The number of primary amides is 1. The number of nitrogens with zero attached hydrogens (tertiary/aromatic N) is 5. The maximum Gasteiger partial charge on any atom is 0.404 e. The lowest BCUT2D eigenvalue weighted by molar-refractivity contribution is 0.0820. The van der Waals surface area contributed by atoms with E-state index in [1.54, 1.807) is 30.2 Å². The number of allylic oxidation sites excluding steroid dienone is 2. The lowest BCUT2D eigenvalue weighted by Gasteiger charge is -2.17. The molecule has 4 amide bonds. The summed E-state index contributed by atoms with van der Waals surface area (Å²) < 4.78 is 0. The number of carbonyl (C=O) groups is 3. The number of aromatic nitrogens is 2. The molecule has 11 heteroatoms. The number of nitrogens with two attached hydrogens (primary N) is 1. The summed E-state index contributed by atoms with van der Waals surface area (Å²) in [6.45, 7) is 9.36. The van der Waals surface area contributed by atoms with Crippen molar-refractivity contribution in [2.75, 3.05) is 26.2 Å². The fourth-order valence-electron chi connectivity index (χ4n) is 2.62. The van der Waals surface area contributed by atoms with Gasteiger partial charge < -0.3 is 26.0 Å². The van der Waals surface area contributed by atoms with Gasteiger partial charge >= 0.3 is 12.1 Å². The number of carboxylic acid groups (broad SMARTS) is 1. The predicted molar refractivity (Wildman–Crippen MR) is 117 cm³/mol. The predicted octanol–water partition coefficient (Wildman–Crippen LogP) is 1.64. The number of amides is 4. The quantitative estimate of drug-likeness (QED) is 0.399. The maximum absolute atomic E-state index is 12.2. The Bertz CT molecular complexity index is 839. The third-order valence-electron chi connectivity index (χ3n) is 4.10. The molecule has 1 aliphatic heterocycles. The molecule has 11 nitrogen and oxygen atoms in total. The van der Waals surface area contributed by atoms with E-state index in [2.05, 4.69) is 26.9 Å². The SMILES string of the molecule is C=C/C=C(\CN=CCC)N1Cc2nccnc2C1=O.CCN(CCNC(=O)O)C(N)=O. The molecule has 2 rings (SSSR count). The maximum atomic E-state index is 12.2. The zero-order valence-corrected chi connectivity index (χ0v) is 17.8. The van der Waals surface area contributed by atoms with E-state index in [4.69, 9.17) is 10.8 Å². The van der Waals surface area contributed by atoms with E-state index in [9.17, 15) is 14.4 Å². The Morgan fingerprint density at radius 1 is 1.39 bits per heavy atom. The number of carbonyl (C=O) groups excluding carboxylic acids is 2.